The van der Waals surface area contributed by atoms with Crippen LogP contribution in [0.25, 0.3) is 0 Å². The number of carbonyl (C=O) groups is 4. The van der Waals surface area contributed by atoms with E-state index >= 15 is 0 Å². The van der Waals surface area contributed by atoms with E-state index in [1.807, 2.05) is 0 Å². The van der Waals surface area contributed by atoms with Gasteiger partial charge in [-0.05, 0) is 56.1 Å². The van der Waals surface area contributed by atoms with Gasteiger partial charge < -0.3 is 25.9 Å². The average Bonchev–Trinajstić information content (AvgIpc) is 3.41. The average molecular weight is 500 g/mol. The predicted octanol–water partition coefficient (Wildman–Crippen LogP) is 2.10. The first kappa shape index (κ1) is 25.4. The number of aromatic nitrogens is 1. The van der Waals surface area contributed by atoms with Crippen molar-refractivity contribution < 1.29 is 28.3 Å². The van der Waals surface area contributed by atoms with Gasteiger partial charge in [0.2, 0.25) is 0 Å². The second-order valence-corrected chi connectivity index (χ2v) is 8.25. The number of ether oxygens (including phenoxy) is 1. The molecule has 0 aliphatic heterocycles. The van der Waals surface area contributed by atoms with E-state index < -0.39 is 36.3 Å². The molecule has 5 N–H and O–H groups in total. The van der Waals surface area contributed by atoms with Crippen molar-refractivity contribution in [1.29, 1.82) is 0 Å². The first-order valence-electron chi connectivity index (χ1n) is 10.6. The number of nitrogens with two attached hydrogens (primary N) is 2. The van der Waals surface area contributed by atoms with Gasteiger partial charge in [-0.1, -0.05) is 18.2 Å². The Kier molecular flexibility index (Phi) is 7.87. The van der Waals surface area contributed by atoms with Gasteiger partial charge in [-0.15, -0.1) is 0 Å². The monoisotopic (exact) mass is 499 g/mol. The zero-order chi connectivity index (χ0) is 25.7. The Labute approximate surface area is 205 Å². The molecule has 3 amide bonds. The number of nitrogen functional groups attached to an aromatic ring is 1. The number of aryl methyl sites for hydroxylation is 2. The number of amides is 3. The van der Waals surface area contributed by atoms with Gasteiger partial charge in [0.25, 0.3) is 17.7 Å². The van der Waals surface area contributed by atoms with Crippen LogP contribution in [-0.4, -0.2) is 41.2 Å². The van der Waals surface area contributed by atoms with Gasteiger partial charge in [-0.3, -0.25) is 24.1 Å². The molecule has 0 saturated carbocycles. The number of rotatable bonds is 9. The molecule has 2 heterocycles. The summed E-state index contributed by atoms with van der Waals surface area (Å²) in [5, 5.41) is 2.50. The third kappa shape index (κ3) is 5.49. The van der Waals surface area contributed by atoms with E-state index in [9.17, 15) is 19.2 Å². The normalized spacial score (nSPS) is 11.5. The Hall–Kier alpha value is -4.19. The van der Waals surface area contributed by atoms with E-state index in [0.717, 1.165) is 0 Å². The molecule has 3 aromatic rings. The van der Waals surface area contributed by atoms with Crippen molar-refractivity contribution in [3.63, 3.8) is 0 Å². The van der Waals surface area contributed by atoms with Crippen LogP contribution in [-0.2, 0) is 14.3 Å². The molecule has 35 heavy (non-hydrogen) atoms. The minimum absolute atomic E-state index is 0.0754. The van der Waals surface area contributed by atoms with E-state index in [1.54, 1.807) is 57.2 Å². The number of benzene rings is 1. The summed E-state index contributed by atoms with van der Waals surface area (Å²) < 4.78 is 14.5. The third-order valence-corrected chi connectivity index (χ3v) is 5.85. The highest BCUT2D eigenvalue weighted by atomic mass is 32.1. The molecule has 0 fully saturated rings. The van der Waals surface area contributed by atoms with Gasteiger partial charge in [0.15, 0.2) is 11.7 Å². The van der Waals surface area contributed by atoms with Crippen LogP contribution in [0.15, 0.2) is 40.8 Å². The fourth-order valence-corrected chi connectivity index (χ4v) is 4.12. The van der Waals surface area contributed by atoms with Crippen molar-refractivity contribution in [3.05, 3.63) is 64.1 Å². The molecule has 0 saturated heterocycles. The van der Waals surface area contributed by atoms with E-state index in [2.05, 4.69) is 9.69 Å². The summed E-state index contributed by atoms with van der Waals surface area (Å²) in [5.74, 6) is -2.26. The topological polar surface area (TPSA) is 171 Å². The highest BCUT2D eigenvalue weighted by Crippen LogP contribution is 2.35. The Bertz CT molecular complexity index is 1270. The summed E-state index contributed by atoms with van der Waals surface area (Å²) in [5.41, 5.74) is 12.0. The molecule has 1 atom stereocenters. The molecule has 3 rings (SSSR count). The van der Waals surface area contributed by atoms with Gasteiger partial charge in [-0.2, -0.15) is 4.37 Å². The molecule has 2 aromatic heterocycles. The highest BCUT2D eigenvalue weighted by Gasteiger charge is 2.38. The van der Waals surface area contributed by atoms with Crippen LogP contribution in [0, 0.1) is 13.8 Å². The van der Waals surface area contributed by atoms with Crippen LogP contribution in [0.4, 0.5) is 11.4 Å². The van der Waals surface area contributed by atoms with Gasteiger partial charge in [0, 0.05) is 5.69 Å². The zero-order valence-electron chi connectivity index (χ0n) is 19.4. The molecular weight excluding hydrogens is 474 g/mol. The molecular formula is C23H25N5O6S. The summed E-state index contributed by atoms with van der Waals surface area (Å²) >= 11 is 0.692. The van der Waals surface area contributed by atoms with Crippen molar-refractivity contribution in [2.45, 2.75) is 26.8 Å². The number of carbonyl (C=O) groups excluding carboxylic acids is 4. The van der Waals surface area contributed by atoms with Gasteiger partial charge >= 0.3 is 5.97 Å². The third-order valence-electron chi connectivity index (χ3n) is 5.00. The van der Waals surface area contributed by atoms with E-state index in [1.165, 1.54) is 4.90 Å². The summed E-state index contributed by atoms with van der Waals surface area (Å²) in [6.45, 7) is 4.84. The number of furan rings is 1. The first-order valence-corrected chi connectivity index (χ1v) is 11.4. The lowest BCUT2D eigenvalue weighted by atomic mass is 10.1. The summed E-state index contributed by atoms with van der Waals surface area (Å²) in [7, 11) is 0. The van der Waals surface area contributed by atoms with Crippen molar-refractivity contribution in [3.8, 4) is 0 Å². The fraction of sp³-hybridized carbons (Fsp3) is 0.261. The number of anilines is 2. The second-order valence-electron chi connectivity index (χ2n) is 7.47. The Morgan fingerprint density at radius 3 is 2.46 bits per heavy atom. The fourth-order valence-electron chi connectivity index (χ4n) is 3.38. The predicted molar refractivity (Wildman–Crippen MR) is 129 cm³/mol. The summed E-state index contributed by atoms with van der Waals surface area (Å²) in [4.78, 5) is 51.9. The lowest BCUT2D eigenvalue weighted by Gasteiger charge is -2.30. The molecule has 0 aliphatic carbocycles. The lowest BCUT2D eigenvalue weighted by Crippen LogP contribution is -2.45. The van der Waals surface area contributed by atoms with E-state index in [4.69, 9.17) is 20.6 Å². The molecule has 0 aliphatic rings. The smallest absolute Gasteiger partial charge is 0.325 e. The van der Waals surface area contributed by atoms with Crippen molar-refractivity contribution >= 4 is 46.6 Å². The van der Waals surface area contributed by atoms with Crippen LogP contribution in [0.5, 0.6) is 0 Å². The molecule has 1 aromatic carbocycles. The SMILES string of the molecule is CCOC(=O)CNC(=O)C(c1ccc(C)o1)N(C(=O)c1snc(C(N)=O)c1N)c1ccccc1C. The van der Waals surface area contributed by atoms with Gasteiger partial charge in [0.05, 0.1) is 12.3 Å². The van der Waals surface area contributed by atoms with Crippen molar-refractivity contribution in [2.75, 3.05) is 23.8 Å². The van der Waals surface area contributed by atoms with Crippen LogP contribution < -0.4 is 21.7 Å². The molecule has 11 nitrogen and oxygen atoms in total. The quantitative estimate of drug-likeness (QED) is 0.376. The number of nitrogens with zero attached hydrogens (tertiary/aromatic N) is 2. The van der Waals surface area contributed by atoms with Crippen LogP contribution >= 0.6 is 11.5 Å². The Morgan fingerprint density at radius 2 is 1.89 bits per heavy atom. The van der Waals surface area contributed by atoms with E-state index in [-0.39, 0.29) is 28.6 Å². The molecule has 0 radical (unpaired) electrons. The minimum Gasteiger partial charge on any atom is -0.465 e. The molecule has 12 heteroatoms. The van der Waals surface area contributed by atoms with Gasteiger partial charge in [0.1, 0.15) is 22.9 Å². The molecule has 0 bridgehead atoms. The Balaban J connectivity index is 2.14. The Morgan fingerprint density at radius 1 is 1.17 bits per heavy atom. The van der Waals surface area contributed by atoms with Crippen LogP contribution in [0.1, 0.15) is 50.2 Å². The number of para-hydroxylation sites is 1. The van der Waals surface area contributed by atoms with Crippen LogP contribution in [0.3, 0.4) is 0 Å². The van der Waals surface area contributed by atoms with Crippen molar-refractivity contribution in [2.24, 2.45) is 5.73 Å². The summed E-state index contributed by atoms with van der Waals surface area (Å²) in [6, 6.07) is 8.78. The van der Waals surface area contributed by atoms with Crippen molar-refractivity contribution in [1.82, 2.24) is 9.69 Å². The number of primary amides is 1. The summed E-state index contributed by atoms with van der Waals surface area (Å²) in [6.07, 6.45) is 0. The molecule has 184 valence electrons. The first-order chi connectivity index (χ1) is 16.6. The molecule has 1 unspecified atom stereocenters. The second kappa shape index (κ2) is 10.8. The largest absolute Gasteiger partial charge is 0.465 e. The zero-order valence-corrected chi connectivity index (χ0v) is 20.2. The maximum Gasteiger partial charge on any atom is 0.325 e. The maximum absolute atomic E-state index is 13.9. The standard InChI is InChI=1S/C23H25N5O6S/c1-4-33-16(29)11-26-22(31)19(15-10-9-13(3)34-15)28(14-8-6-5-7-12(14)2)23(32)20-17(24)18(21(25)30)27-35-20/h5-10,19H,4,11,24H2,1-3H3,(H2,25,30)(H,26,31). The number of hydrogen-bond donors (Lipinski definition) is 3. The maximum atomic E-state index is 13.9. The number of hydrogen-bond acceptors (Lipinski definition) is 9. The number of esters is 1. The van der Waals surface area contributed by atoms with E-state index in [0.29, 0.717) is 28.5 Å². The lowest BCUT2D eigenvalue weighted by molar-refractivity contribution is -0.143. The van der Waals surface area contributed by atoms with Gasteiger partial charge in [-0.25, -0.2) is 0 Å². The van der Waals surface area contributed by atoms with Crippen LogP contribution in [0.2, 0.25) is 0 Å². The number of nitrogens with one attached hydrogen (secondary N) is 1. The minimum atomic E-state index is -1.33. The molecule has 0 spiro atoms. The highest BCUT2D eigenvalue weighted by molar-refractivity contribution is 7.09.